The Morgan fingerprint density at radius 1 is 1.19 bits per heavy atom. The van der Waals surface area contributed by atoms with Crippen LogP contribution >= 0.6 is 0 Å². The molecule has 4 atom stereocenters. The molecular formula is C24H34N4O4. The van der Waals surface area contributed by atoms with E-state index in [0.717, 1.165) is 51.3 Å². The summed E-state index contributed by atoms with van der Waals surface area (Å²) >= 11 is 0. The van der Waals surface area contributed by atoms with Gasteiger partial charge in [0.1, 0.15) is 0 Å². The molecule has 2 aromatic rings. The minimum atomic E-state index is -0.950. The van der Waals surface area contributed by atoms with E-state index in [4.69, 9.17) is 14.4 Å². The van der Waals surface area contributed by atoms with E-state index < -0.39 is 5.23 Å². The molecule has 0 bridgehead atoms. The van der Waals surface area contributed by atoms with Crippen molar-refractivity contribution in [3.63, 3.8) is 0 Å². The van der Waals surface area contributed by atoms with E-state index in [2.05, 4.69) is 41.9 Å². The Bertz CT molecular complexity index is 903. The molecule has 8 heteroatoms. The lowest BCUT2D eigenvalue weighted by Gasteiger charge is -2.40. The fourth-order valence-corrected chi connectivity index (χ4v) is 4.99. The smallest absolute Gasteiger partial charge is 0.247 e. The highest BCUT2D eigenvalue weighted by Crippen LogP contribution is 2.39. The molecule has 1 aromatic carbocycles. The van der Waals surface area contributed by atoms with Crippen molar-refractivity contribution in [2.24, 2.45) is 23.7 Å². The van der Waals surface area contributed by atoms with E-state index in [-0.39, 0.29) is 5.69 Å². The lowest BCUT2D eigenvalue weighted by atomic mass is 9.69. The summed E-state index contributed by atoms with van der Waals surface area (Å²) in [4.78, 5) is 2.54. The summed E-state index contributed by atoms with van der Waals surface area (Å²) < 4.78 is 11.5. The first kappa shape index (κ1) is 23.1. The summed E-state index contributed by atoms with van der Waals surface area (Å²) in [6.45, 7) is 11.7. The SMILES string of the molecule is CC1=CC(CN2CCOCC2)C(C(C)C)CC1Cc1nnc(-c2ccc([NH+]([O-])O)cc2)o1. The van der Waals surface area contributed by atoms with Crippen molar-refractivity contribution in [2.45, 2.75) is 33.6 Å². The number of nitrogens with zero attached hydrogens (tertiary/aromatic N) is 3. The van der Waals surface area contributed by atoms with E-state index in [0.29, 0.717) is 35.5 Å². The Labute approximate surface area is 189 Å². The van der Waals surface area contributed by atoms with Crippen LogP contribution in [0.5, 0.6) is 0 Å². The Hall–Kier alpha value is -2.10. The number of hydrogen-bond donors (Lipinski definition) is 2. The van der Waals surface area contributed by atoms with Gasteiger partial charge in [0.05, 0.1) is 13.2 Å². The van der Waals surface area contributed by atoms with Crippen molar-refractivity contribution >= 4 is 5.69 Å². The first-order valence-corrected chi connectivity index (χ1v) is 11.5. The molecule has 1 aliphatic heterocycles. The molecule has 4 rings (SSSR count). The third kappa shape index (κ3) is 5.44. The lowest BCUT2D eigenvalue weighted by molar-refractivity contribution is -0.991. The fraction of sp³-hybridized carbons (Fsp3) is 0.583. The predicted octanol–water partition coefficient (Wildman–Crippen LogP) is 2.87. The quantitative estimate of drug-likeness (QED) is 0.502. The molecule has 2 N–H and O–H groups in total. The largest absolute Gasteiger partial charge is 0.595 e. The van der Waals surface area contributed by atoms with Crippen LogP contribution in [0.25, 0.3) is 11.5 Å². The van der Waals surface area contributed by atoms with E-state index in [1.165, 1.54) is 5.57 Å². The zero-order valence-corrected chi connectivity index (χ0v) is 19.2. The van der Waals surface area contributed by atoms with Gasteiger partial charge < -0.3 is 14.4 Å². The monoisotopic (exact) mass is 442 g/mol. The van der Waals surface area contributed by atoms with E-state index in [1.807, 2.05) is 0 Å². The fourth-order valence-electron chi connectivity index (χ4n) is 4.99. The molecule has 174 valence electrons. The van der Waals surface area contributed by atoms with Crippen LogP contribution in [0.4, 0.5) is 5.69 Å². The predicted molar refractivity (Wildman–Crippen MR) is 120 cm³/mol. The van der Waals surface area contributed by atoms with Crippen LogP contribution in [0.15, 0.2) is 40.3 Å². The number of rotatable bonds is 7. The van der Waals surface area contributed by atoms with Gasteiger partial charge in [0.15, 0.2) is 5.69 Å². The maximum atomic E-state index is 11.0. The molecular weight excluding hydrogens is 408 g/mol. The number of hydrogen-bond acceptors (Lipinski definition) is 7. The average Bonchev–Trinajstić information content (AvgIpc) is 3.24. The minimum Gasteiger partial charge on any atom is -0.595 e. The Morgan fingerprint density at radius 2 is 1.91 bits per heavy atom. The van der Waals surface area contributed by atoms with Crippen molar-refractivity contribution in [3.05, 3.63) is 47.0 Å². The number of ether oxygens (including phenoxy) is 1. The number of morpholine rings is 1. The van der Waals surface area contributed by atoms with Gasteiger partial charge in [-0.3, -0.25) is 4.90 Å². The molecule has 1 aliphatic carbocycles. The molecule has 2 aliphatic rings. The first-order chi connectivity index (χ1) is 15.4. The van der Waals surface area contributed by atoms with Crippen molar-refractivity contribution < 1.29 is 19.6 Å². The average molecular weight is 443 g/mol. The van der Waals surface area contributed by atoms with E-state index in [1.54, 1.807) is 24.3 Å². The van der Waals surface area contributed by atoms with Gasteiger partial charge in [-0.25, -0.2) is 5.21 Å². The summed E-state index contributed by atoms with van der Waals surface area (Å²) in [5, 5.41) is 27.6. The van der Waals surface area contributed by atoms with Crippen LogP contribution < -0.4 is 5.23 Å². The third-order valence-corrected chi connectivity index (χ3v) is 6.92. The first-order valence-electron chi connectivity index (χ1n) is 11.5. The zero-order chi connectivity index (χ0) is 22.7. The molecule has 0 saturated carbocycles. The second kappa shape index (κ2) is 10.2. The van der Waals surface area contributed by atoms with Crippen LogP contribution in [0.1, 0.15) is 33.1 Å². The van der Waals surface area contributed by atoms with Crippen molar-refractivity contribution in [1.29, 1.82) is 0 Å². The van der Waals surface area contributed by atoms with Gasteiger partial charge in [0.2, 0.25) is 11.8 Å². The van der Waals surface area contributed by atoms with Crippen molar-refractivity contribution in [1.82, 2.24) is 15.1 Å². The van der Waals surface area contributed by atoms with Crippen LogP contribution in [-0.4, -0.2) is 53.2 Å². The molecule has 1 fully saturated rings. The molecule has 32 heavy (non-hydrogen) atoms. The molecule has 4 unspecified atom stereocenters. The Kier molecular flexibility index (Phi) is 7.37. The normalized spacial score (nSPS) is 25.7. The molecule has 1 saturated heterocycles. The number of allylic oxidation sites excluding steroid dienone is 1. The minimum absolute atomic E-state index is 0.239. The molecule has 1 aromatic heterocycles. The van der Waals surface area contributed by atoms with E-state index >= 15 is 0 Å². The zero-order valence-electron chi connectivity index (χ0n) is 19.2. The van der Waals surface area contributed by atoms with Gasteiger partial charge in [-0.15, -0.1) is 10.2 Å². The number of aromatic nitrogens is 2. The topological polar surface area (TPSA) is 99.1 Å². The summed E-state index contributed by atoms with van der Waals surface area (Å²) in [5.74, 6) is 3.26. The van der Waals surface area contributed by atoms with Crippen LogP contribution in [-0.2, 0) is 11.2 Å². The second-order valence-corrected chi connectivity index (χ2v) is 9.42. The van der Waals surface area contributed by atoms with Gasteiger partial charge >= 0.3 is 0 Å². The number of quaternary nitrogens is 1. The van der Waals surface area contributed by atoms with Crippen LogP contribution in [0, 0.1) is 28.9 Å². The number of nitrogens with one attached hydrogen (secondary N) is 1. The molecule has 0 amide bonds. The highest BCUT2D eigenvalue weighted by Gasteiger charge is 2.33. The highest BCUT2D eigenvalue weighted by molar-refractivity contribution is 5.55. The van der Waals surface area contributed by atoms with E-state index in [9.17, 15) is 5.21 Å². The van der Waals surface area contributed by atoms with Gasteiger partial charge in [-0.1, -0.05) is 25.5 Å². The summed E-state index contributed by atoms with van der Waals surface area (Å²) in [6, 6.07) is 6.52. The van der Waals surface area contributed by atoms with Gasteiger partial charge in [0, 0.05) is 43.8 Å². The van der Waals surface area contributed by atoms with Gasteiger partial charge in [0.25, 0.3) is 0 Å². The summed E-state index contributed by atoms with van der Waals surface area (Å²) in [6.07, 6.45) is 4.34. The maximum absolute atomic E-state index is 11.0. The Balaban J connectivity index is 1.44. The lowest BCUT2D eigenvalue weighted by Crippen LogP contribution is -2.99. The standard InChI is InChI=1S/C24H34N4O4/c1-16(2)22-13-19(17(3)12-20(22)15-27-8-10-31-11-9-27)14-23-25-26-24(32-23)18-4-6-21(7-5-18)28(29)30/h4-7,12,16,19-20,22,28-29H,8-11,13-15H2,1-3H3. The number of benzene rings is 1. The van der Waals surface area contributed by atoms with Crippen molar-refractivity contribution in [3.8, 4) is 11.5 Å². The van der Waals surface area contributed by atoms with Gasteiger partial charge in [-0.05, 0) is 49.1 Å². The molecule has 8 nitrogen and oxygen atoms in total. The second-order valence-electron chi connectivity index (χ2n) is 9.42. The molecule has 0 radical (unpaired) electrons. The Morgan fingerprint density at radius 3 is 2.56 bits per heavy atom. The summed E-state index contributed by atoms with van der Waals surface area (Å²) in [7, 11) is 0. The third-order valence-electron chi connectivity index (χ3n) is 6.92. The van der Waals surface area contributed by atoms with Crippen molar-refractivity contribution in [2.75, 3.05) is 32.8 Å². The summed E-state index contributed by atoms with van der Waals surface area (Å²) in [5.41, 5.74) is 2.38. The van der Waals surface area contributed by atoms with Gasteiger partial charge in [-0.2, -0.15) is 5.23 Å². The molecule has 0 spiro atoms. The maximum Gasteiger partial charge on any atom is 0.247 e. The molecule has 2 heterocycles. The highest BCUT2D eigenvalue weighted by atomic mass is 16.8. The van der Waals surface area contributed by atoms with Crippen LogP contribution in [0.3, 0.4) is 0 Å². The van der Waals surface area contributed by atoms with Crippen LogP contribution in [0.2, 0.25) is 0 Å².